The van der Waals surface area contributed by atoms with E-state index in [1.54, 1.807) is 0 Å². The van der Waals surface area contributed by atoms with Gasteiger partial charge in [-0.3, -0.25) is 0 Å². The molecule has 7 aromatic carbocycles. The molecule has 8 nitrogen and oxygen atoms in total. The van der Waals surface area contributed by atoms with Crippen molar-refractivity contribution in [3.05, 3.63) is 308 Å². The molecule has 15 aromatic rings. The molecule has 0 radical (unpaired) electrons. The van der Waals surface area contributed by atoms with Crippen LogP contribution in [0.25, 0.3) is 179 Å². The van der Waals surface area contributed by atoms with Gasteiger partial charge in [0.15, 0.2) is 0 Å². The van der Waals surface area contributed by atoms with Crippen molar-refractivity contribution in [2.24, 2.45) is 0 Å². The summed E-state index contributed by atoms with van der Waals surface area (Å²) in [4.78, 5) is 40.6. The van der Waals surface area contributed by atoms with Crippen LogP contribution in [0.4, 0.5) is 0 Å². The van der Waals surface area contributed by atoms with Gasteiger partial charge in [0.05, 0.1) is 77.4 Å². The number of H-pyrrole nitrogens is 4. The molecule has 4 N–H and O–H groups in total. The second-order valence-electron chi connectivity index (χ2n) is 52.2. The Bertz CT molecular complexity index is 7330. The third kappa shape index (κ3) is 19.8. The zero-order chi connectivity index (χ0) is 101. The molecule has 2 aliphatic rings. The van der Waals surface area contributed by atoms with E-state index in [0.29, 0.717) is 43.6 Å². The van der Waals surface area contributed by atoms with Gasteiger partial charge in [-0.05, 0) is 286 Å². The van der Waals surface area contributed by atoms with Crippen molar-refractivity contribution in [1.82, 2.24) is 39.9 Å². The summed E-state index contributed by atoms with van der Waals surface area (Å²) in [6.45, 7) is 83.2. The van der Waals surface area contributed by atoms with Crippen LogP contribution in [0, 0.1) is 48.5 Å². The first-order valence-corrected chi connectivity index (χ1v) is 50.3. The predicted molar refractivity (Wildman–Crippen MR) is 600 cm³/mol. The summed E-state index contributed by atoms with van der Waals surface area (Å²) in [5, 5.41) is 2.49. The largest absolute Gasteiger partial charge is 0.354 e. The number of nitrogens with zero attached hydrogens (tertiary/aromatic N) is 4. The summed E-state index contributed by atoms with van der Waals surface area (Å²) in [7, 11) is 0. The molecule has 2 aliphatic heterocycles. The first-order chi connectivity index (χ1) is 64.9. The molecular formula is C132H144N8. The van der Waals surface area contributed by atoms with E-state index < -0.39 is 0 Å². The van der Waals surface area contributed by atoms with Crippen molar-refractivity contribution in [3.63, 3.8) is 0 Å². The maximum Gasteiger partial charge on any atom is 0.0972 e. The first kappa shape index (κ1) is 98.4. The number of hydrogen-bond donors (Lipinski definition) is 4. The molecule has 0 fully saturated rings. The fraction of sp³-hybridized carbons (Fsp3) is 0.364. The highest BCUT2D eigenvalue weighted by molar-refractivity contribution is 6.10. The van der Waals surface area contributed by atoms with Crippen LogP contribution in [-0.2, 0) is 65.0 Å². The Kier molecular flexibility index (Phi) is 24.1. The Balaban J connectivity index is 1.09. The second kappa shape index (κ2) is 34.3. The summed E-state index contributed by atoms with van der Waals surface area (Å²) < 4.78 is 0. The Morgan fingerprint density at radius 3 is 0.536 bits per heavy atom. The summed E-state index contributed by atoms with van der Waals surface area (Å²) in [6.07, 6.45) is 8.91. The van der Waals surface area contributed by atoms with E-state index in [4.69, 9.17) is 19.9 Å². The number of nitrogens with one attached hydrogen (secondary N) is 4. The number of rotatable bonds is 6. The lowest BCUT2D eigenvalue weighted by atomic mass is 9.78. The zero-order valence-corrected chi connectivity index (χ0v) is 90.3. The van der Waals surface area contributed by atoms with E-state index in [0.717, 1.165) is 134 Å². The van der Waals surface area contributed by atoms with Gasteiger partial charge in [-0.1, -0.05) is 371 Å². The number of hydrogen-bond acceptors (Lipinski definition) is 4. The molecule has 0 saturated carbocycles. The third-order valence-electron chi connectivity index (χ3n) is 28.3. The van der Waals surface area contributed by atoms with E-state index in [1.807, 2.05) is 0 Å². The summed E-state index contributed by atoms with van der Waals surface area (Å²) in [5.41, 5.74) is 36.7. The van der Waals surface area contributed by atoms with Crippen molar-refractivity contribution in [3.8, 4) is 66.8 Å². The van der Waals surface area contributed by atoms with Crippen molar-refractivity contribution in [2.45, 2.75) is 314 Å². The van der Waals surface area contributed by atoms with E-state index in [1.165, 1.54) is 66.8 Å². The molecule has 10 heterocycles. The normalized spacial score (nSPS) is 13.3. The van der Waals surface area contributed by atoms with Gasteiger partial charge in [0.1, 0.15) is 0 Å². The topological polar surface area (TPSA) is 115 Å². The lowest BCUT2D eigenvalue weighted by molar-refractivity contribution is 0.568. The van der Waals surface area contributed by atoms with Gasteiger partial charge in [-0.15, -0.1) is 0 Å². The quantitative estimate of drug-likeness (QED) is 0.133. The number of aromatic amines is 4. The van der Waals surface area contributed by atoms with Gasteiger partial charge in [0, 0.05) is 66.5 Å². The van der Waals surface area contributed by atoms with Crippen molar-refractivity contribution >= 4 is 112 Å². The van der Waals surface area contributed by atoms with E-state index in [-0.39, 0.29) is 65.0 Å². The standard InChI is InChI=1S/C132H144N8/c1-121(2,3)85-57-79(58-86(71-85)122(4,5)6)113-101-47-45-99(133-101)97-43-39-40-44-98-100-46-48-102(134-100)114(80-59-87(123(7,8)9)72-88(60-80)124(10,11)12)104-50-52-106(136-104)116(82-63-91(127(19,20)21)74-92(64-82)128(22,23)24)108-54-56-110(138-108)118(84-67-95(131(31,32)33)76-96(68-84)132(34,35)36)112-70-78(120(98)140-112)42-38-37-41-77-69-111(139-119(77)97)117(83-65-93(129(25,26)27)75-94(66-83)130(28,29)30)109-55-53-107(137-109)115(105-51-49-103(113)135-105)81-61-89(125(13,14)15)73-90(62-81)126(16,17)18/h45-76,133-134,137-138H,1-36H3. The monoisotopic (exact) mass is 1840 g/mol. The lowest BCUT2D eigenvalue weighted by Gasteiger charge is -2.26. The molecule has 17 rings (SSSR count). The molecule has 8 aromatic heterocycles. The molecule has 0 aliphatic carbocycles. The highest BCUT2D eigenvalue weighted by Crippen LogP contribution is 2.49. The van der Waals surface area contributed by atoms with Gasteiger partial charge in [-0.2, -0.15) is 0 Å². The zero-order valence-electron chi connectivity index (χ0n) is 90.3. The maximum atomic E-state index is 6.04. The Labute approximate surface area is 835 Å². The van der Waals surface area contributed by atoms with Gasteiger partial charge in [-0.25, -0.2) is 19.9 Å². The molecule has 712 valence electrons. The number of fused-ring (bicyclic) bond motifs is 16. The van der Waals surface area contributed by atoms with Gasteiger partial charge >= 0.3 is 0 Å². The Hall–Kier alpha value is -13.2. The predicted octanol–water partition coefficient (Wildman–Crippen LogP) is 35.8. The number of benzene rings is 6. The molecule has 0 spiro atoms. The fourth-order valence-corrected chi connectivity index (χ4v) is 19.1. The molecular weight excluding hydrogens is 1700 g/mol. The van der Waals surface area contributed by atoms with Crippen LogP contribution in [0.15, 0.2) is 170 Å². The highest BCUT2D eigenvalue weighted by Gasteiger charge is 2.33. The third-order valence-corrected chi connectivity index (χ3v) is 28.3. The lowest BCUT2D eigenvalue weighted by Crippen LogP contribution is -2.16. The SMILES string of the molecule is CC(C)(C)c1cc(-c2c3nc(c(-c4cc(C(C)(C)C)cc(C(C)(C)C)c4)c4ccc([nH]4)c4c#cc#cc5c6ccc([nH]6)c(-c6cc(C(C)(C)C)cc(C(C)(C)C)c6)c6nc(c(-c7cc(C(C)(C)C)cc(C(C)(C)C)c7)c7ccc([nH]7)c(-c7cc(C(C)(C)C)cc(C(C)(C)C)c7)c7cc(c#cc#cc8cc(nc84)c(-c4cc(C(C)(C)C)cc(C(C)(C)C)c4)c4ccc2[nH]4)c5n7)C=C6)C=C3)cc(C(C)(C)C)c1. The highest BCUT2D eigenvalue weighted by atomic mass is 14.8. The van der Waals surface area contributed by atoms with Crippen LogP contribution in [0.5, 0.6) is 0 Å². The van der Waals surface area contributed by atoms with Gasteiger partial charge < -0.3 is 19.9 Å². The molecule has 0 amide bonds. The molecule has 0 atom stereocenters. The molecule has 0 saturated heterocycles. The van der Waals surface area contributed by atoms with Crippen molar-refractivity contribution in [1.29, 1.82) is 0 Å². The summed E-state index contributed by atoms with van der Waals surface area (Å²) in [5.74, 6) is 0. The molecule has 16 bridgehead atoms. The molecule has 140 heavy (non-hydrogen) atoms. The number of aromatic nitrogens is 8. The van der Waals surface area contributed by atoms with Crippen LogP contribution < -0.4 is 0 Å². The molecule has 0 unspecified atom stereocenters. The minimum absolute atomic E-state index is 0.188. The first-order valence-electron chi connectivity index (χ1n) is 50.3. The Morgan fingerprint density at radius 2 is 0.343 bits per heavy atom. The smallest absolute Gasteiger partial charge is 0.0972 e. The second-order valence-corrected chi connectivity index (χ2v) is 52.2. The van der Waals surface area contributed by atoms with Crippen LogP contribution in [0.2, 0.25) is 0 Å². The minimum atomic E-state index is -0.240. The van der Waals surface area contributed by atoms with Crippen LogP contribution in [-0.4, -0.2) is 39.9 Å². The minimum Gasteiger partial charge on any atom is -0.354 e. The molecule has 8 heteroatoms. The average Bonchev–Trinajstić information content (AvgIpc) is 1.59. The van der Waals surface area contributed by atoms with Crippen LogP contribution in [0.3, 0.4) is 0 Å². The van der Waals surface area contributed by atoms with Crippen LogP contribution >= 0.6 is 0 Å². The summed E-state index contributed by atoms with van der Waals surface area (Å²) in [6, 6.07) is 94.5. The van der Waals surface area contributed by atoms with E-state index in [9.17, 15) is 0 Å². The fourth-order valence-electron chi connectivity index (χ4n) is 19.1. The van der Waals surface area contributed by atoms with Gasteiger partial charge in [0.2, 0.25) is 0 Å². The van der Waals surface area contributed by atoms with Crippen molar-refractivity contribution in [2.75, 3.05) is 0 Å². The van der Waals surface area contributed by atoms with E-state index in [2.05, 4.69) is 512 Å². The van der Waals surface area contributed by atoms with E-state index >= 15 is 0 Å². The Morgan fingerprint density at radius 1 is 0.179 bits per heavy atom. The average molecular weight is 1840 g/mol. The summed E-state index contributed by atoms with van der Waals surface area (Å²) >= 11 is 0. The van der Waals surface area contributed by atoms with Crippen molar-refractivity contribution < 1.29 is 0 Å². The van der Waals surface area contributed by atoms with Gasteiger partial charge in [0.25, 0.3) is 0 Å². The van der Waals surface area contributed by atoms with Crippen LogP contribution in [0.1, 0.15) is 339 Å². The maximum absolute atomic E-state index is 6.04.